The number of sulfonamides is 1. The molecule has 5 atom stereocenters. The number of phenolic OH excluding ortho intramolecular Hbond substituents is 1. The van der Waals surface area contributed by atoms with Gasteiger partial charge in [-0.05, 0) is 32.0 Å². The monoisotopic (exact) mass is 364 g/mol. The summed E-state index contributed by atoms with van der Waals surface area (Å²) in [5.74, 6) is 0.182. The van der Waals surface area contributed by atoms with Gasteiger partial charge in [0.1, 0.15) is 12.2 Å². The number of rotatable bonds is 1. The molecule has 2 bridgehead atoms. The van der Waals surface area contributed by atoms with Crippen molar-refractivity contribution >= 4 is 10.0 Å². The number of aromatic hydroxyl groups is 1. The Labute approximate surface area is 145 Å². The summed E-state index contributed by atoms with van der Waals surface area (Å²) in [6.45, 7) is 0.820. The van der Waals surface area contributed by atoms with E-state index in [0.29, 0.717) is 17.7 Å². The number of piperidine rings is 1. The van der Waals surface area contributed by atoms with Crippen LogP contribution in [0.15, 0.2) is 23.1 Å². The number of likely N-dealkylation sites (tertiary alicyclic amines) is 1. The Morgan fingerprint density at radius 2 is 2.16 bits per heavy atom. The van der Waals surface area contributed by atoms with E-state index in [9.17, 15) is 18.6 Å². The van der Waals surface area contributed by atoms with Crippen LogP contribution in [-0.4, -0.2) is 55.4 Å². The van der Waals surface area contributed by atoms with Gasteiger partial charge < -0.3 is 19.8 Å². The minimum atomic E-state index is -3.98. The number of benzene rings is 1. The molecule has 25 heavy (non-hydrogen) atoms. The lowest BCUT2D eigenvalue weighted by Crippen LogP contribution is -2.64. The first-order valence-corrected chi connectivity index (χ1v) is 9.95. The molecule has 7 nitrogen and oxygen atoms in total. The molecule has 1 aromatic rings. The van der Waals surface area contributed by atoms with Crippen molar-refractivity contribution in [3.63, 3.8) is 0 Å². The van der Waals surface area contributed by atoms with Crippen molar-refractivity contribution in [3.05, 3.63) is 29.3 Å². The summed E-state index contributed by atoms with van der Waals surface area (Å²) in [5.41, 5.74) is 0.847. The zero-order chi connectivity index (χ0) is 17.7. The molecule has 2 aliphatic heterocycles. The van der Waals surface area contributed by atoms with Gasteiger partial charge in [0.2, 0.25) is 10.0 Å². The topological polar surface area (TPSA) is 113 Å². The standard InChI is InChI=1S/C17H20N2O5S/c1-19-5-4-17-9-2-3-11(20)16(17)24-15-12(21)7-13(25(18,22)23)8(14(15)17)6-10(9)19/h2-3,7,9-11,16,20-21H,4-6H2,1H3,(H2,18,22,23)/t9-,10+,11-,16-,17-/m0/s1. The van der Waals surface area contributed by atoms with Crippen LogP contribution in [0.1, 0.15) is 17.5 Å². The number of ether oxygens (including phenoxy) is 1. The van der Waals surface area contributed by atoms with E-state index in [4.69, 9.17) is 9.88 Å². The Bertz CT molecular complexity index is 927. The molecular weight excluding hydrogens is 344 g/mol. The van der Waals surface area contributed by atoms with E-state index < -0.39 is 27.6 Å². The molecule has 0 aromatic heterocycles. The fraction of sp³-hybridized carbons (Fsp3) is 0.529. The molecule has 4 N–H and O–H groups in total. The lowest BCUT2D eigenvalue weighted by molar-refractivity contribution is -0.0455. The van der Waals surface area contributed by atoms with Crippen LogP contribution < -0.4 is 9.88 Å². The van der Waals surface area contributed by atoms with E-state index in [0.717, 1.165) is 18.5 Å². The molecule has 1 fully saturated rings. The van der Waals surface area contributed by atoms with Crippen molar-refractivity contribution in [1.29, 1.82) is 0 Å². The van der Waals surface area contributed by atoms with Crippen molar-refractivity contribution in [1.82, 2.24) is 4.90 Å². The zero-order valence-electron chi connectivity index (χ0n) is 13.7. The van der Waals surface area contributed by atoms with E-state index in [2.05, 4.69) is 4.90 Å². The van der Waals surface area contributed by atoms with Crippen LogP contribution >= 0.6 is 0 Å². The van der Waals surface area contributed by atoms with E-state index in [1.807, 2.05) is 13.1 Å². The van der Waals surface area contributed by atoms with Crippen molar-refractivity contribution < 1.29 is 23.4 Å². The second-order valence-corrected chi connectivity index (χ2v) is 9.13. The van der Waals surface area contributed by atoms with Gasteiger partial charge in [0.05, 0.1) is 4.90 Å². The van der Waals surface area contributed by atoms with Crippen LogP contribution in [0.25, 0.3) is 0 Å². The average Bonchev–Trinajstić information content (AvgIpc) is 2.89. The number of aliphatic hydroxyl groups is 1. The molecule has 0 radical (unpaired) electrons. The van der Waals surface area contributed by atoms with Crippen LogP contribution in [-0.2, 0) is 21.9 Å². The highest BCUT2D eigenvalue weighted by Crippen LogP contribution is 2.63. The number of hydrogen-bond acceptors (Lipinski definition) is 6. The molecule has 4 aliphatic rings. The van der Waals surface area contributed by atoms with Crippen molar-refractivity contribution in [3.8, 4) is 11.5 Å². The second kappa shape index (κ2) is 4.56. The van der Waals surface area contributed by atoms with Gasteiger partial charge in [0.25, 0.3) is 0 Å². The fourth-order valence-corrected chi connectivity index (χ4v) is 6.35. The maximum absolute atomic E-state index is 12.2. The van der Waals surface area contributed by atoms with Gasteiger partial charge in [-0.2, -0.15) is 0 Å². The Morgan fingerprint density at radius 1 is 1.40 bits per heavy atom. The molecule has 2 heterocycles. The molecule has 8 heteroatoms. The largest absolute Gasteiger partial charge is 0.504 e. The van der Waals surface area contributed by atoms with Crippen molar-refractivity contribution in [2.24, 2.45) is 11.1 Å². The van der Waals surface area contributed by atoms with Crippen molar-refractivity contribution in [2.45, 2.75) is 41.4 Å². The third kappa shape index (κ3) is 1.73. The Balaban J connectivity index is 1.89. The van der Waals surface area contributed by atoms with Gasteiger partial charge in [-0.1, -0.05) is 12.2 Å². The number of hydrogen-bond donors (Lipinski definition) is 3. The summed E-state index contributed by atoms with van der Waals surface area (Å²) < 4.78 is 30.3. The predicted octanol–water partition coefficient (Wildman–Crippen LogP) is -0.154. The Kier molecular flexibility index (Phi) is 2.85. The van der Waals surface area contributed by atoms with Gasteiger partial charge in [0, 0.05) is 29.0 Å². The summed E-state index contributed by atoms with van der Waals surface area (Å²) in [4.78, 5) is 2.20. The minimum absolute atomic E-state index is 0.0323. The zero-order valence-corrected chi connectivity index (χ0v) is 14.5. The minimum Gasteiger partial charge on any atom is -0.504 e. The average molecular weight is 364 g/mol. The number of nitrogens with zero attached hydrogens (tertiary/aromatic N) is 1. The molecular formula is C17H20N2O5S. The third-order valence-corrected chi connectivity index (χ3v) is 7.52. The van der Waals surface area contributed by atoms with E-state index in [-0.39, 0.29) is 22.6 Å². The third-order valence-electron chi connectivity index (χ3n) is 6.54. The predicted molar refractivity (Wildman–Crippen MR) is 88.9 cm³/mol. The van der Waals surface area contributed by atoms with Crippen LogP contribution in [0.5, 0.6) is 11.5 Å². The summed E-state index contributed by atoms with van der Waals surface area (Å²) in [6.07, 6.45) is 3.72. The Hall–Kier alpha value is -1.61. The van der Waals surface area contributed by atoms with E-state index >= 15 is 0 Å². The highest BCUT2D eigenvalue weighted by atomic mass is 32.2. The quantitative estimate of drug-likeness (QED) is 0.597. The first-order valence-electron chi connectivity index (χ1n) is 8.40. The number of phenols is 1. The van der Waals surface area contributed by atoms with Crippen molar-refractivity contribution in [2.75, 3.05) is 13.6 Å². The lowest BCUT2D eigenvalue weighted by atomic mass is 9.53. The summed E-state index contributed by atoms with van der Waals surface area (Å²) in [5, 5.41) is 26.4. The first kappa shape index (κ1) is 15.6. The van der Waals surface area contributed by atoms with E-state index in [1.54, 1.807) is 6.08 Å². The molecule has 2 aliphatic carbocycles. The van der Waals surface area contributed by atoms with Gasteiger partial charge >= 0.3 is 0 Å². The molecule has 5 rings (SSSR count). The van der Waals surface area contributed by atoms with E-state index in [1.165, 1.54) is 6.07 Å². The molecule has 1 saturated heterocycles. The molecule has 134 valence electrons. The molecule has 0 unspecified atom stereocenters. The molecule has 0 saturated carbocycles. The maximum Gasteiger partial charge on any atom is 0.238 e. The van der Waals surface area contributed by atoms with Crippen LogP contribution in [0.4, 0.5) is 0 Å². The smallest absolute Gasteiger partial charge is 0.238 e. The SMILES string of the molecule is CN1CC[C@]23c4c5c(S(N)(=O)=O)cc(O)c4O[C@H]2[C@@H](O)C=C[C@H]3[C@H]1C5. The normalized spacial score (nSPS) is 38.4. The summed E-state index contributed by atoms with van der Waals surface area (Å²) in [6, 6.07) is 1.29. The highest BCUT2D eigenvalue weighted by Gasteiger charge is 2.64. The number of likely N-dealkylation sites (N-methyl/N-ethyl adjacent to an activating group) is 1. The second-order valence-electron chi connectivity index (χ2n) is 7.60. The highest BCUT2D eigenvalue weighted by molar-refractivity contribution is 7.89. The summed E-state index contributed by atoms with van der Waals surface area (Å²) >= 11 is 0. The Morgan fingerprint density at radius 3 is 2.88 bits per heavy atom. The maximum atomic E-state index is 12.2. The number of primary sulfonamides is 1. The number of nitrogens with two attached hydrogens (primary N) is 1. The molecule has 1 aromatic carbocycles. The fourth-order valence-electron chi connectivity index (χ4n) is 5.54. The lowest BCUT2D eigenvalue weighted by Gasteiger charge is -2.56. The van der Waals surface area contributed by atoms with Gasteiger partial charge in [-0.3, -0.25) is 0 Å². The van der Waals surface area contributed by atoms with Gasteiger partial charge in [-0.15, -0.1) is 0 Å². The summed E-state index contributed by atoms with van der Waals surface area (Å²) in [7, 11) is -1.95. The van der Waals surface area contributed by atoms with Crippen LogP contribution in [0.3, 0.4) is 0 Å². The first-order chi connectivity index (χ1) is 11.7. The number of aliphatic hydroxyl groups excluding tert-OH is 1. The van der Waals surface area contributed by atoms with Crippen LogP contribution in [0, 0.1) is 5.92 Å². The van der Waals surface area contributed by atoms with Gasteiger partial charge in [0.15, 0.2) is 11.5 Å². The van der Waals surface area contributed by atoms with Crippen LogP contribution in [0.2, 0.25) is 0 Å². The van der Waals surface area contributed by atoms with Gasteiger partial charge in [-0.25, -0.2) is 13.6 Å². The molecule has 0 amide bonds. The molecule has 1 spiro atoms.